The van der Waals surface area contributed by atoms with Crippen LogP contribution in [0.5, 0.6) is 5.75 Å². The number of nitrogens with zero attached hydrogens (tertiary/aromatic N) is 4. The van der Waals surface area contributed by atoms with Gasteiger partial charge in [-0.25, -0.2) is 0 Å². The van der Waals surface area contributed by atoms with E-state index in [0.29, 0.717) is 29.0 Å². The van der Waals surface area contributed by atoms with Gasteiger partial charge in [0.2, 0.25) is 22.8 Å². The summed E-state index contributed by atoms with van der Waals surface area (Å²) < 4.78 is 11.4. The Balaban J connectivity index is 1.27. The molecule has 10 heteroatoms. The Morgan fingerprint density at radius 2 is 1.94 bits per heavy atom. The molecule has 31 heavy (non-hydrogen) atoms. The molecule has 4 aromatic rings. The summed E-state index contributed by atoms with van der Waals surface area (Å²) in [4.78, 5) is 16.6. The minimum atomic E-state index is -0.187. The number of nitrogens with one attached hydrogen (secondary N) is 1. The normalized spacial score (nSPS) is 10.7. The van der Waals surface area contributed by atoms with Crippen LogP contribution in [0.4, 0.5) is 5.13 Å². The molecule has 0 spiro atoms. The van der Waals surface area contributed by atoms with Crippen LogP contribution in [0.2, 0.25) is 0 Å². The standard InChI is InChI=1S/C21H19N5O3S2/c1-28-16-10-6-5-9-15(16)19-23-18(29-26-19)12-11-17(27)22-20-24-25-21(31-20)30-13-14-7-3-2-4-8-14/h2-10H,11-13H2,1H3,(H,22,24,27). The van der Waals surface area contributed by atoms with Gasteiger partial charge in [-0.3, -0.25) is 4.79 Å². The van der Waals surface area contributed by atoms with Crippen LogP contribution in [-0.4, -0.2) is 33.4 Å². The van der Waals surface area contributed by atoms with Crippen molar-refractivity contribution in [2.24, 2.45) is 0 Å². The molecular weight excluding hydrogens is 434 g/mol. The number of para-hydroxylation sites is 1. The average molecular weight is 454 g/mol. The summed E-state index contributed by atoms with van der Waals surface area (Å²) in [6.45, 7) is 0. The number of aryl methyl sites for hydroxylation is 1. The van der Waals surface area contributed by atoms with Crippen LogP contribution in [0.1, 0.15) is 17.9 Å². The highest BCUT2D eigenvalue weighted by Gasteiger charge is 2.15. The van der Waals surface area contributed by atoms with E-state index in [1.165, 1.54) is 16.9 Å². The first-order valence-electron chi connectivity index (χ1n) is 9.47. The van der Waals surface area contributed by atoms with Crippen LogP contribution < -0.4 is 10.1 Å². The minimum absolute atomic E-state index is 0.187. The highest BCUT2D eigenvalue weighted by atomic mass is 32.2. The lowest BCUT2D eigenvalue weighted by atomic mass is 10.2. The Labute approximate surface area is 187 Å². The zero-order valence-electron chi connectivity index (χ0n) is 16.6. The second-order valence-electron chi connectivity index (χ2n) is 6.41. The van der Waals surface area contributed by atoms with Crippen LogP contribution in [0.3, 0.4) is 0 Å². The molecule has 0 aliphatic heterocycles. The van der Waals surface area contributed by atoms with Crippen LogP contribution in [-0.2, 0) is 17.0 Å². The number of amides is 1. The van der Waals surface area contributed by atoms with Gasteiger partial charge in [-0.15, -0.1) is 10.2 Å². The van der Waals surface area contributed by atoms with E-state index in [0.717, 1.165) is 15.7 Å². The van der Waals surface area contributed by atoms with E-state index in [9.17, 15) is 4.79 Å². The van der Waals surface area contributed by atoms with Gasteiger partial charge in [0.15, 0.2) is 4.34 Å². The fraction of sp³-hybridized carbons (Fsp3) is 0.190. The number of hydrogen-bond donors (Lipinski definition) is 1. The van der Waals surface area contributed by atoms with Gasteiger partial charge < -0.3 is 14.6 Å². The van der Waals surface area contributed by atoms with Crippen LogP contribution in [0.25, 0.3) is 11.4 Å². The molecule has 0 unspecified atom stereocenters. The highest BCUT2D eigenvalue weighted by molar-refractivity contribution is 8.00. The molecule has 158 valence electrons. The molecule has 2 aromatic heterocycles. The van der Waals surface area contributed by atoms with E-state index in [2.05, 4.69) is 37.8 Å². The molecule has 2 heterocycles. The van der Waals surface area contributed by atoms with Gasteiger partial charge >= 0.3 is 0 Å². The van der Waals surface area contributed by atoms with Crippen LogP contribution in [0, 0.1) is 0 Å². The molecule has 0 atom stereocenters. The van der Waals surface area contributed by atoms with E-state index in [4.69, 9.17) is 9.26 Å². The Bertz CT molecular complexity index is 1150. The number of carbonyl (C=O) groups is 1. The molecule has 0 radical (unpaired) electrons. The summed E-state index contributed by atoms with van der Waals surface area (Å²) in [6, 6.07) is 17.5. The largest absolute Gasteiger partial charge is 0.496 e. The summed E-state index contributed by atoms with van der Waals surface area (Å²) in [7, 11) is 1.59. The third kappa shape index (κ3) is 5.68. The van der Waals surface area contributed by atoms with Gasteiger partial charge in [-0.1, -0.05) is 70.7 Å². The predicted octanol–water partition coefficient (Wildman–Crippen LogP) is 4.46. The first-order valence-corrected chi connectivity index (χ1v) is 11.3. The Hall–Kier alpha value is -3.24. The maximum absolute atomic E-state index is 12.3. The Kier molecular flexibility index (Phi) is 6.90. The molecular formula is C21H19N5O3S2. The number of anilines is 1. The number of aromatic nitrogens is 4. The van der Waals surface area contributed by atoms with Gasteiger partial charge in [-0.2, -0.15) is 4.98 Å². The quantitative estimate of drug-likeness (QED) is 0.293. The molecule has 1 N–H and O–H groups in total. The van der Waals surface area contributed by atoms with Gasteiger partial charge in [0.05, 0.1) is 12.7 Å². The van der Waals surface area contributed by atoms with Crippen molar-refractivity contribution in [1.29, 1.82) is 0 Å². The molecule has 2 aromatic carbocycles. The SMILES string of the molecule is COc1ccccc1-c1noc(CCC(=O)Nc2nnc(SCc3ccccc3)s2)n1. The Morgan fingerprint density at radius 3 is 2.77 bits per heavy atom. The van der Waals surface area contributed by atoms with Crippen molar-refractivity contribution in [3.63, 3.8) is 0 Å². The maximum Gasteiger partial charge on any atom is 0.227 e. The van der Waals surface area contributed by atoms with Crippen molar-refractivity contribution in [2.45, 2.75) is 22.9 Å². The summed E-state index contributed by atoms with van der Waals surface area (Å²) in [6.07, 6.45) is 0.516. The summed E-state index contributed by atoms with van der Waals surface area (Å²) in [5, 5.41) is 15.4. The number of thioether (sulfide) groups is 1. The van der Waals surface area contributed by atoms with Crippen molar-refractivity contribution in [3.8, 4) is 17.1 Å². The highest BCUT2D eigenvalue weighted by Crippen LogP contribution is 2.29. The smallest absolute Gasteiger partial charge is 0.227 e. The van der Waals surface area contributed by atoms with Crippen molar-refractivity contribution in [3.05, 3.63) is 66.1 Å². The summed E-state index contributed by atoms with van der Waals surface area (Å²) >= 11 is 2.94. The maximum atomic E-state index is 12.3. The molecule has 0 aliphatic rings. The third-order valence-electron chi connectivity index (χ3n) is 4.24. The molecule has 0 aliphatic carbocycles. The third-order valence-corrected chi connectivity index (χ3v) is 6.28. The first-order chi connectivity index (χ1) is 15.2. The molecule has 4 rings (SSSR count). The summed E-state index contributed by atoms with van der Waals surface area (Å²) in [5.41, 5.74) is 1.94. The number of carbonyl (C=O) groups excluding carboxylic acids is 1. The lowest BCUT2D eigenvalue weighted by Gasteiger charge is -2.03. The second-order valence-corrected chi connectivity index (χ2v) is 8.61. The zero-order chi connectivity index (χ0) is 21.5. The Morgan fingerprint density at radius 1 is 1.13 bits per heavy atom. The van der Waals surface area contributed by atoms with E-state index in [1.54, 1.807) is 18.9 Å². The van der Waals surface area contributed by atoms with Crippen LogP contribution in [0.15, 0.2) is 63.5 Å². The van der Waals surface area contributed by atoms with Crippen molar-refractivity contribution >= 4 is 34.1 Å². The molecule has 0 saturated heterocycles. The molecule has 0 fully saturated rings. The minimum Gasteiger partial charge on any atom is -0.496 e. The first kappa shape index (κ1) is 21.0. The topological polar surface area (TPSA) is 103 Å². The van der Waals surface area contributed by atoms with E-state index in [-0.39, 0.29) is 12.3 Å². The lowest BCUT2D eigenvalue weighted by Crippen LogP contribution is -2.12. The molecule has 8 nitrogen and oxygen atoms in total. The molecule has 0 bridgehead atoms. The fourth-order valence-corrected chi connectivity index (χ4v) is 4.46. The second kappa shape index (κ2) is 10.2. The number of hydrogen-bond acceptors (Lipinski definition) is 9. The van der Waals surface area contributed by atoms with E-state index < -0.39 is 0 Å². The van der Waals surface area contributed by atoms with Crippen molar-refractivity contribution < 1.29 is 14.1 Å². The zero-order valence-corrected chi connectivity index (χ0v) is 18.3. The van der Waals surface area contributed by atoms with Gasteiger partial charge in [0.25, 0.3) is 0 Å². The lowest BCUT2D eigenvalue weighted by molar-refractivity contribution is -0.116. The number of benzene rings is 2. The monoisotopic (exact) mass is 453 g/mol. The van der Waals surface area contributed by atoms with Crippen LogP contribution >= 0.6 is 23.1 Å². The van der Waals surface area contributed by atoms with Crippen molar-refractivity contribution in [1.82, 2.24) is 20.3 Å². The van der Waals surface area contributed by atoms with E-state index in [1.807, 2.05) is 42.5 Å². The number of ether oxygens (including phenoxy) is 1. The van der Waals surface area contributed by atoms with Gasteiger partial charge in [-0.05, 0) is 17.7 Å². The molecule has 1 amide bonds. The number of rotatable bonds is 9. The fourth-order valence-electron chi connectivity index (χ4n) is 2.74. The van der Waals surface area contributed by atoms with Gasteiger partial charge in [0.1, 0.15) is 5.75 Å². The van der Waals surface area contributed by atoms with Crippen molar-refractivity contribution in [2.75, 3.05) is 12.4 Å². The predicted molar refractivity (Wildman–Crippen MR) is 119 cm³/mol. The van der Waals surface area contributed by atoms with E-state index >= 15 is 0 Å². The molecule has 0 saturated carbocycles. The number of methoxy groups -OCH3 is 1. The van der Waals surface area contributed by atoms with Gasteiger partial charge in [0, 0.05) is 18.6 Å². The summed E-state index contributed by atoms with van der Waals surface area (Å²) in [5.74, 6) is 2.08. The average Bonchev–Trinajstić information content (AvgIpc) is 3.46.